The highest BCUT2D eigenvalue weighted by atomic mass is 14.8. The minimum Gasteiger partial charge on any atom is -0.264 e. The second-order valence-electron chi connectivity index (χ2n) is 9.25. The molecule has 178 valence electrons. The number of hydrogen-bond donors (Lipinski definition) is 0. The first-order valence-electron chi connectivity index (χ1n) is 12.5. The lowest BCUT2D eigenvalue weighted by Gasteiger charge is -2.09. The lowest BCUT2D eigenvalue weighted by molar-refractivity contribution is 1.28. The van der Waals surface area contributed by atoms with Crippen LogP contribution in [0.3, 0.4) is 0 Å². The largest absolute Gasteiger partial charge is 0.264 e. The van der Waals surface area contributed by atoms with Gasteiger partial charge in [0.05, 0.1) is 28.1 Å². The van der Waals surface area contributed by atoms with Gasteiger partial charge < -0.3 is 0 Å². The fourth-order valence-corrected chi connectivity index (χ4v) is 4.82. The quantitative estimate of drug-likeness (QED) is 0.251. The molecule has 0 unspecified atom stereocenters. The molecule has 0 N–H and O–H groups in total. The van der Waals surface area contributed by atoms with Gasteiger partial charge >= 0.3 is 0 Å². The predicted molar refractivity (Wildman–Crippen MR) is 154 cm³/mol. The Hall–Kier alpha value is -5.22. The van der Waals surface area contributed by atoms with Gasteiger partial charge in [0.15, 0.2) is 0 Å². The number of rotatable bonds is 4. The third kappa shape index (κ3) is 4.18. The number of benzene rings is 3. The van der Waals surface area contributed by atoms with Crippen LogP contribution >= 0.6 is 0 Å². The second-order valence-corrected chi connectivity index (χ2v) is 9.25. The molecule has 0 amide bonds. The standard InChI is InChI=1S/C34H22N4/c1-2-18-36-33(8-1)34-16-12-28-21-25(10-14-32(28)38-34)24-9-13-31-27(20-24)11-15-30(37-31)26-6-3-5-23(19-26)29-7-4-17-35-22-29/h1-22H. The smallest absolute Gasteiger partial charge is 0.0893 e. The first kappa shape index (κ1) is 22.0. The van der Waals surface area contributed by atoms with Gasteiger partial charge in [-0.1, -0.05) is 54.6 Å². The van der Waals surface area contributed by atoms with Crippen molar-refractivity contribution in [1.29, 1.82) is 0 Å². The minimum atomic E-state index is 0.878. The van der Waals surface area contributed by atoms with Gasteiger partial charge in [0.25, 0.3) is 0 Å². The molecule has 4 heterocycles. The first-order chi connectivity index (χ1) is 18.8. The van der Waals surface area contributed by atoms with Crippen molar-refractivity contribution in [3.8, 4) is 44.9 Å². The number of nitrogens with zero attached hydrogens (tertiary/aromatic N) is 4. The van der Waals surface area contributed by atoms with Crippen LogP contribution in [0.25, 0.3) is 66.7 Å². The highest BCUT2D eigenvalue weighted by molar-refractivity contribution is 5.90. The Bertz CT molecular complexity index is 1920. The molecule has 0 bridgehead atoms. The molecular formula is C34H22N4. The molecule has 0 atom stereocenters. The van der Waals surface area contributed by atoms with E-state index < -0.39 is 0 Å². The first-order valence-corrected chi connectivity index (χ1v) is 12.5. The van der Waals surface area contributed by atoms with Gasteiger partial charge in [-0.25, -0.2) is 9.97 Å². The summed E-state index contributed by atoms with van der Waals surface area (Å²) in [5, 5.41) is 2.21. The van der Waals surface area contributed by atoms with E-state index in [1.165, 1.54) is 0 Å². The summed E-state index contributed by atoms with van der Waals surface area (Å²) in [6.07, 6.45) is 5.47. The van der Waals surface area contributed by atoms with Crippen molar-refractivity contribution >= 4 is 21.8 Å². The summed E-state index contributed by atoms with van der Waals surface area (Å²) in [6.45, 7) is 0. The van der Waals surface area contributed by atoms with Gasteiger partial charge in [0, 0.05) is 40.5 Å². The molecule has 0 radical (unpaired) electrons. The van der Waals surface area contributed by atoms with Gasteiger partial charge in [-0.15, -0.1) is 0 Å². The van der Waals surface area contributed by atoms with Crippen LogP contribution in [-0.2, 0) is 0 Å². The molecule has 0 spiro atoms. The van der Waals surface area contributed by atoms with Crippen molar-refractivity contribution in [3.63, 3.8) is 0 Å². The molecule has 0 aliphatic heterocycles. The molecule has 7 aromatic rings. The summed E-state index contributed by atoms with van der Waals surface area (Å²) in [7, 11) is 0. The summed E-state index contributed by atoms with van der Waals surface area (Å²) in [5.41, 5.74) is 10.3. The van der Waals surface area contributed by atoms with Crippen molar-refractivity contribution in [2.75, 3.05) is 0 Å². The molecule has 0 aliphatic carbocycles. The number of hydrogen-bond acceptors (Lipinski definition) is 4. The monoisotopic (exact) mass is 486 g/mol. The van der Waals surface area contributed by atoms with E-state index in [9.17, 15) is 0 Å². The number of fused-ring (bicyclic) bond motifs is 2. The third-order valence-electron chi connectivity index (χ3n) is 6.79. The topological polar surface area (TPSA) is 51.6 Å². The van der Waals surface area contributed by atoms with Crippen molar-refractivity contribution in [2.24, 2.45) is 0 Å². The predicted octanol–water partition coefficient (Wildman–Crippen LogP) is 8.24. The maximum absolute atomic E-state index is 4.97. The molecule has 3 aromatic carbocycles. The van der Waals surface area contributed by atoms with Crippen LogP contribution in [0.4, 0.5) is 0 Å². The van der Waals surface area contributed by atoms with E-state index in [1.54, 1.807) is 12.4 Å². The molecule has 0 fully saturated rings. The number of aromatic nitrogens is 4. The second kappa shape index (κ2) is 9.34. The highest BCUT2D eigenvalue weighted by Gasteiger charge is 2.08. The highest BCUT2D eigenvalue weighted by Crippen LogP contribution is 2.30. The van der Waals surface area contributed by atoms with Crippen molar-refractivity contribution < 1.29 is 0 Å². The summed E-state index contributed by atoms with van der Waals surface area (Å²) in [4.78, 5) is 18.5. The van der Waals surface area contributed by atoms with E-state index in [4.69, 9.17) is 9.97 Å². The normalized spacial score (nSPS) is 11.2. The van der Waals surface area contributed by atoms with E-state index in [1.807, 2.05) is 36.5 Å². The molecule has 4 aromatic heterocycles. The van der Waals surface area contributed by atoms with Gasteiger partial charge in [-0.2, -0.15) is 0 Å². The Labute approximate surface area is 220 Å². The third-order valence-corrected chi connectivity index (χ3v) is 6.79. The van der Waals surface area contributed by atoms with Gasteiger partial charge in [-0.05, 0) is 77.4 Å². The van der Waals surface area contributed by atoms with Crippen LogP contribution in [0.15, 0.2) is 134 Å². The van der Waals surface area contributed by atoms with Gasteiger partial charge in [-0.3, -0.25) is 9.97 Å². The van der Waals surface area contributed by atoms with Crippen LogP contribution < -0.4 is 0 Å². The molecule has 4 nitrogen and oxygen atoms in total. The number of pyridine rings is 4. The zero-order chi connectivity index (χ0) is 25.3. The maximum atomic E-state index is 4.97. The molecule has 0 saturated carbocycles. The average Bonchev–Trinajstić information content (AvgIpc) is 3.01. The van der Waals surface area contributed by atoms with Crippen LogP contribution in [0.2, 0.25) is 0 Å². The Morgan fingerprint density at radius 2 is 1.08 bits per heavy atom. The lowest BCUT2D eigenvalue weighted by atomic mass is 10.00. The van der Waals surface area contributed by atoms with E-state index in [0.29, 0.717) is 0 Å². The Morgan fingerprint density at radius 1 is 0.395 bits per heavy atom. The Kier molecular flexibility index (Phi) is 5.41. The van der Waals surface area contributed by atoms with Gasteiger partial charge in [0.1, 0.15) is 0 Å². The SMILES string of the molecule is c1ccc(-c2ccc3cc(-c4ccc5nc(-c6cccc(-c7cccnc7)c6)ccc5c4)ccc3n2)nc1. The molecule has 4 heteroatoms. The molecule has 38 heavy (non-hydrogen) atoms. The maximum Gasteiger partial charge on any atom is 0.0893 e. The summed E-state index contributed by atoms with van der Waals surface area (Å²) in [5.74, 6) is 0. The van der Waals surface area contributed by atoms with Crippen molar-refractivity contribution in [3.05, 3.63) is 134 Å². The van der Waals surface area contributed by atoms with Crippen LogP contribution in [0, 0.1) is 0 Å². The fourth-order valence-electron chi connectivity index (χ4n) is 4.82. The molecule has 7 rings (SSSR count). The molecular weight excluding hydrogens is 464 g/mol. The van der Waals surface area contributed by atoms with Crippen molar-refractivity contribution in [2.45, 2.75) is 0 Å². The van der Waals surface area contributed by atoms with E-state index >= 15 is 0 Å². The summed E-state index contributed by atoms with van der Waals surface area (Å²) in [6, 6.07) is 39.6. The van der Waals surface area contributed by atoms with Gasteiger partial charge in [0.2, 0.25) is 0 Å². The van der Waals surface area contributed by atoms with Crippen LogP contribution in [-0.4, -0.2) is 19.9 Å². The Balaban J connectivity index is 1.20. The zero-order valence-corrected chi connectivity index (χ0v) is 20.5. The summed E-state index contributed by atoms with van der Waals surface area (Å²) < 4.78 is 0. The zero-order valence-electron chi connectivity index (χ0n) is 20.5. The van der Waals surface area contributed by atoms with Crippen molar-refractivity contribution in [1.82, 2.24) is 19.9 Å². The summed E-state index contributed by atoms with van der Waals surface area (Å²) >= 11 is 0. The van der Waals surface area contributed by atoms with E-state index in [-0.39, 0.29) is 0 Å². The van der Waals surface area contributed by atoms with Crippen LogP contribution in [0.1, 0.15) is 0 Å². The van der Waals surface area contributed by atoms with E-state index in [0.717, 1.165) is 66.7 Å². The minimum absolute atomic E-state index is 0.878. The molecule has 0 aliphatic rings. The van der Waals surface area contributed by atoms with E-state index in [2.05, 4.69) is 94.9 Å². The molecule has 0 saturated heterocycles. The Morgan fingerprint density at radius 3 is 1.79 bits per heavy atom. The lowest BCUT2D eigenvalue weighted by Crippen LogP contribution is -1.89. The van der Waals surface area contributed by atoms with Crippen LogP contribution in [0.5, 0.6) is 0 Å². The fraction of sp³-hybridized carbons (Fsp3) is 0. The average molecular weight is 487 g/mol.